The second-order valence-electron chi connectivity index (χ2n) is 8.53. The van der Waals surface area contributed by atoms with Crippen LogP contribution in [0, 0.1) is 11.8 Å². The van der Waals surface area contributed by atoms with Crippen molar-refractivity contribution in [1.29, 1.82) is 0 Å². The maximum atomic E-state index is 13.3. The third-order valence-electron chi connectivity index (χ3n) is 5.75. The number of hydrogen-bond acceptors (Lipinski definition) is 7. The molecule has 192 valence electrons. The minimum absolute atomic E-state index is 0.0268. The maximum Gasteiger partial charge on any atom is 0.341 e. The van der Waals surface area contributed by atoms with E-state index in [1.807, 2.05) is 47.8 Å². The van der Waals surface area contributed by atoms with Crippen molar-refractivity contribution in [2.75, 3.05) is 32.5 Å². The van der Waals surface area contributed by atoms with Crippen molar-refractivity contribution in [2.24, 2.45) is 0 Å². The molecule has 4 heterocycles. The van der Waals surface area contributed by atoms with E-state index in [2.05, 4.69) is 16.7 Å². The zero-order valence-electron chi connectivity index (χ0n) is 20.2. The summed E-state index contributed by atoms with van der Waals surface area (Å²) in [5.74, 6) is 5.56. The number of rotatable bonds is 4. The highest BCUT2D eigenvalue weighted by atomic mass is 32.2. The van der Waals surface area contributed by atoms with Crippen molar-refractivity contribution in [2.45, 2.75) is 12.8 Å². The van der Waals surface area contributed by atoms with Crippen molar-refractivity contribution in [3.05, 3.63) is 76.0 Å². The molecule has 4 aromatic rings. The number of ether oxygens (including phenoxy) is 1. The van der Waals surface area contributed by atoms with E-state index in [0.29, 0.717) is 29.4 Å². The number of aromatic nitrogens is 1. The molecule has 0 unspecified atom stereocenters. The van der Waals surface area contributed by atoms with Gasteiger partial charge >= 0.3 is 5.97 Å². The van der Waals surface area contributed by atoms with Gasteiger partial charge in [-0.1, -0.05) is 42.2 Å². The first kappa shape index (κ1) is 26.6. The molecule has 1 fully saturated rings. The summed E-state index contributed by atoms with van der Waals surface area (Å²) in [6, 6.07) is 14.9. The highest BCUT2D eigenvalue weighted by Gasteiger charge is 2.20. The van der Waals surface area contributed by atoms with Crippen LogP contribution < -0.4 is 5.56 Å². The Morgan fingerprint density at radius 2 is 1.81 bits per heavy atom. The molecule has 8 nitrogen and oxygen atoms in total. The average molecular weight is 539 g/mol. The number of nitrogens with zero attached hydrogens (tertiary/aromatic N) is 2. The molecule has 10 heteroatoms. The molecule has 1 N–H and O–H groups in total. The average Bonchev–Trinajstić information content (AvgIpc) is 3.55. The van der Waals surface area contributed by atoms with E-state index in [1.165, 1.54) is 24.2 Å². The zero-order chi connectivity index (χ0) is 26.4. The quantitative estimate of drug-likeness (QED) is 0.238. The van der Waals surface area contributed by atoms with Crippen molar-refractivity contribution in [3.8, 4) is 23.0 Å². The molecule has 0 bridgehead atoms. The second-order valence-corrected chi connectivity index (χ2v) is 10.9. The summed E-state index contributed by atoms with van der Waals surface area (Å²) >= 11 is 1.50. The number of esters is 1. The maximum absolute atomic E-state index is 13.3. The first-order valence-corrected chi connectivity index (χ1v) is 14.3. The smallest absolute Gasteiger partial charge is 0.341 e. The molecule has 1 aliphatic rings. The third-order valence-corrected chi connectivity index (χ3v) is 6.69. The van der Waals surface area contributed by atoms with Crippen LogP contribution in [0.3, 0.4) is 0 Å². The fourth-order valence-corrected chi connectivity index (χ4v) is 5.07. The zero-order valence-corrected chi connectivity index (χ0v) is 21.8. The van der Waals surface area contributed by atoms with Gasteiger partial charge in [0.05, 0.1) is 28.6 Å². The summed E-state index contributed by atoms with van der Waals surface area (Å²) < 4.78 is 33.8. The number of carbonyl (C=O) groups excluding carboxylic acids is 1. The summed E-state index contributed by atoms with van der Waals surface area (Å²) in [5.41, 5.74) is 2.02. The van der Waals surface area contributed by atoms with Crippen LogP contribution in [-0.4, -0.2) is 60.7 Å². The van der Waals surface area contributed by atoms with Gasteiger partial charge in [-0.05, 0) is 60.5 Å². The summed E-state index contributed by atoms with van der Waals surface area (Å²) in [6.45, 7) is 2.89. The van der Waals surface area contributed by atoms with Crippen LogP contribution in [0.25, 0.3) is 26.7 Å². The molecule has 0 amide bonds. The number of hydrogen-bond donors (Lipinski definition) is 1. The number of pyridine rings is 2. The Balaban J connectivity index is 0.000000586. The van der Waals surface area contributed by atoms with Gasteiger partial charge in [-0.25, -0.2) is 4.79 Å². The predicted octanol–water partition coefficient (Wildman–Crippen LogP) is 3.94. The number of thiophene rings is 1. The van der Waals surface area contributed by atoms with Crippen LogP contribution in [0.5, 0.6) is 0 Å². The molecular weight excluding hydrogens is 512 g/mol. The largest absolute Gasteiger partial charge is 0.449 e. The molecule has 0 atom stereocenters. The minimum Gasteiger partial charge on any atom is -0.449 e. The monoisotopic (exact) mass is 538 g/mol. The highest BCUT2D eigenvalue weighted by molar-refractivity contribution is 7.85. The van der Waals surface area contributed by atoms with Crippen LogP contribution in [0.4, 0.5) is 0 Å². The fraction of sp³-hybridized carbons (Fsp3) is 0.259. The molecule has 0 aliphatic carbocycles. The SMILES string of the molecule is CS(=O)(=O)O.O=C(OCC#CCN1CCCC1)c1cc(-c2ccccc2)c(=O)n2ccc3ccsc3c12. The Kier molecular flexibility index (Phi) is 8.41. The minimum atomic E-state index is -3.67. The lowest BCUT2D eigenvalue weighted by atomic mass is 10.0. The lowest BCUT2D eigenvalue weighted by molar-refractivity contribution is 0.0558. The molecular formula is C27H26N2O6S2. The predicted molar refractivity (Wildman–Crippen MR) is 146 cm³/mol. The van der Waals surface area contributed by atoms with Gasteiger partial charge in [0, 0.05) is 11.8 Å². The lowest BCUT2D eigenvalue weighted by Gasteiger charge is -2.11. The normalized spacial score (nSPS) is 13.6. The Bertz CT molecular complexity index is 1630. The Hall–Kier alpha value is -3.49. The van der Waals surface area contributed by atoms with Gasteiger partial charge in [0.25, 0.3) is 15.7 Å². The standard InChI is InChI=1S/C26H22N2O3S.CH4O3S/c29-25-21(19-8-2-1-3-9-19)18-22(23-24-20(11-17-32-24)10-15-28(23)25)26(30)31-16-7-6-14-27-12-4-5-13-27;1-5(2,3)4/h1-3,8-11,15,17-18H,4-5,12-14,16H2;1H3,(H,2,3,4). The number of carbonyl (C=O) groups is 1. The molecule has 0 saturated carbocycles. The van der Waals surface area contributed by atoms with E-state index in [9.17, 15) is 18.0 Å². The van der Waals surface area contributed by atoms with Gasteiger partial charge in [0.15, 0.2) is 6.61 Å². The number of benzene rings is 1. The van der Waals surface area contributed by atoms with E-state index >= 15 is 0 Å². The van der Waals surface area contributed by atoms with Gasteiger partial charge in [0.2, 0.25) is 0 Å². The summed E-state index contributed by atoms with van der Waals surface area (Å²) in [5, 5.41) is 2.94. The first-order valence-electron chi connectivity index (χ1n) is 11.6. The summed E-state index contributed by atoms with van der Waals surface area (Å²) in [6.07, 6.45) is 4.88. The van der Waals surface area contributed by atoms with E-state index < -0.39 is 16.1 Å². The summed E-state index contributed by atoms with van der Waals surface area (Å²) in [4.78, 5) is 28.7. The molecule has 5 rings (SSSR count). The van der Waals surface area contributed by atoms with Gasteiger partial charge in [-0.3, -0.25) is 18.6 Å². The van der Waals surface area contributed by atoms with E-state index in [4.69, 9.17) is 9.29 Å². The molecule has 0 spiro atoms. The summed E-state index contributed by atoms with van der Waals surface area (Å²) in [7, 11) is -3.67. The third kappa shape index (κ3) is 6.84. The second kappa shape index (κ2) is 11.7. The molecule has 0 radical (unpaired) electrons. The van der Waals surface area contributed by atoms with E-state index in [0.717, 1.165) is 28.7 Å². The number of fused-ring (bicyclic) bond motifs is 3. The first-order chi connectivity index (χ1) is 17.7. The Morgan fingerprint density at radius 3 is 2.51 bits per heavy atom. The highest BCUT2D eigenvalue weighted by Crippen LogP contribution is 2.29. The molecule has 1 aliphatic heterocycles. The van der Waals surface area contributed by atoms with Crippen LogP contribution >= 0.6 is 11.3 Å². The van der Waals surface area contributed by atoms with E-state index in [-0.39, 0.29) is 12.2 Å². The fourth-order valence-electron chi connectivity index (χ4n) is 4.13. The van der Waals surface area contributed by atoms with Crippen molar-refractivity contribution >= 4 is 43.0 Å². The van der Waals surface area contributed by atoms with Crippen LogP contribution in [0.2, 0.25) is 0 Å². The van der Waals surface area contributed by atoms with Crippen LogP contribution in [-0.2, 0) is 14.9 Å². The molecule has 1 saturated heterocycles. The number of likely N-dealkylation sites (tertiary alicyclic amines) is 1. The van der Waals surface area contributed by atoms with Gasteiger partial charge in [0.1, 0.15) is 0 Å². The van der Waals surface area contributed by atoms with Crippen molar-refractivity contribution < 1.29 is 22.5 Å². The van der Waals surface area contributed by atoms with Gasteiger partial charge in [-0.2, -0.15) is 8.42 Å². The molecule has 37 heavy (non-hydrogen) atoms. The van der Waals surface area contributed by atoms with Crippen LogP contribution in [0.15, 0.2) is 64.9 Å². The van der Waals surface area contributed by atoms with Crippen molar-refractivity contribution in [1.82, 2.24) is 9.30 Å². The molecule has 3 aromatic heterocycles. The topological polar surface area (TPSA) is 105 Å². The van der Waals surface area contributed by atoms with Gasteiger partial charge < -0.3 is 4.74 Å². The van der Waals surface area contributed by atoms with Crippen LogP contribution in [0.1, 0.15) is 23.2 Å². The molecule has 1 aromatic carbocycles. The van der Waals surface area contributed by atoms with Crippen molar-refractivity contribution in [3.63, 3.8) is 0 Å². The van der Waals surface area contributed by atoms with E-state index in [1.54, 1.807) is 16.7 Å². The van der Waals surface area contributed by atoms with Gasteiger partial charge in [-0.15, -0.1) is 11.3 Å². The Labute approximate surface area is 218 Å². The lowest BCUT2D eigenvalue weighted by Crippen LogP contribution is -2.20. The Morgan fingerprint density at radius 1 is 1.11 bits per heavy atom.